The fraction of sp³-hybridized carbons (Fsp3) is 1.00. The maximum absolute atomic E-state index is 6.01. The fourth-order valence-corrected chi connectivity index (χ4v) is 2.70. The second-order valence-corrected chi connectivity index (χ2v) is 5.22. The van der Waals surface area contributed by atoms with Crippen LogP contribution in [0.25, 0.3) is 0 Å². The number of hydrogen-bond acceptors (Lipinski definition) is 2. The maximum Gasteiger partial charge on any atom is 0.0578 e. The van der Waals surface area contributed by atoms with Crippen molar-refractivity contribution in [3.63, 3.8) is 0 Å². The zero-order valence-corrected chi connectivity index (χ0v) is 11.1. The van der Waals surface area contributed by atoms with Crippen LogP contribution in [0.2, 0.25) is 0 Å². The highest BCUT2D eigenvalue weighted by Crippen LogP contribution is 2.28. The SMILES string of the molecule is CCC(CS)COC1CCCC(CC)C1. The summed E-state index contributed by atoms with van der Waals surface area (Å²) in [4.78, 5) is 0. The van der Waals surface area contributed by atoms with Crippen LogP contribution in [-0.2, 0) is 4.74 Å². The van der Waals surface area contributed by atoms with Gasteiger partial charge in [0.25, 0.3) is 0 Å². The Morgan fingerprint density at radius 3 is 2.73 bits per heavy atom. The first-order valence-corrected chi connectivity index (χ1v) is 7.15. The van der Waals surface area contributed by atoms with E-state index in [1.54, 1.807) is 0 Å². The van der Waals surface area contributed by atoms with E-state index in [4.69, 9.17) is 4.74 Å². The minimum Gasteiger partial charge on any atom is -0.378 e. The molecule has 0 radical (unpaired) electrons. The van der Waals surface area contributed by atoms with E-state index < -0.39 is 0 Å². The van der Waals surface area contributed by atoms with E-state index >= 15 is 0 Å². The van der Waals surface area contributed by atoms with E-state index in [9.17, 15) is 0 Å². The van der Waals surface area contributed by atoms with Crippen LogP contribution in [0.5, 0.6) is 0 Å². The monoisotopic (exact) mass is 230 g/mol. The molecule has 0 aromatic heterocycles. The molecule has 90 valence electrons. The van der Waals surface area contributed by atoms with Crippen molar-refractivity contribution in [1.82, 2.24) is 0 Å². The third-order valence-electron chi connectivity index (χ3n) is 3.72. The summed E-state index contributed by atoms with van der Waals surface area (Å²) in [7, 11) is 0. The Labute approximate surface area is 100 Å². The van der Waals surface area contributed by atoms with Crippen LogP contribution in [0.4, 0.5) is 0 Å². The molecule has 0 heterocycles. The lowest BCUT2D eigenvalue weighted by molar-refractivity contribution is -0.00277. The minimum absolute atomic E-state index is 0.539. The average molecular weight is 230 g/mol. The Bertz CT molecular complexity index is 157. The summed E-state index contributed by atoms with van der Waals surface area (Å²) >= 11 is 4.35. The van der Waals surface area contributed by atoms with Gasteiger partial charge >= 0.3 is 0 Å². The van der Waals surface area contributed by atoms with Gasteiger partial charge in [-0.15, -0.1) is 0 Å². The number of hydrogen-bond donors (Lipinski definition) is 1. The number of rotatable bonds is 6. The molecule has 1 rings (SSSR count). The zero-order chi connectivity index (χ0) is 11.1. The summed E-state index contributed by atoms with van der Waals surface area (Å²) < 4.78 is 6.01. The predicted octanol–water partition coefficient (Wildman–Crippen LogP) is 3.93. The highest BCUT2D eigenvalue weighted by molar-refractivity contribution is 7.80. The second kappa shape index (κ2) is 7.56. The van der Waals surface area contributed by atoms with Crippen molar-refractivity contribution in [1.29, 1.82) is 0 Å². The van der Waals surface area contributed by atoms with Gasteiger partial charge in [0.05, 0.1) is 12.7 Å². The molecule has 1 fully saturated rings. The molecule has 0 spiro atoms. The summed E-state index contributed by atoms with van der Waals surface area (Å²) in [6, 6.07) is 0. The van der Waals surface area contributed by atoms with Crippen LogP contribution < -0.4 is 0 Å². The van der Waals surface area contributed by atoms with E-state index in [1.165, 1.54) is 38.5 Å². The van der Waals surface area contributed by atoms with Gasteiger partial charge < -0.3 is 4.74 Å². The van der Waals surface area contributed by atoms with Crippen LogP contribution in [-0.4, -0.2) is 18.5 Å². The molecule has 2 heteroatoms. The van der Waals surface area contributed by atoms with Gasteiger partial charge in [-0.1, -0.05) is 39.5 Å². The molecule has 3 unspecified atom stereocenters. The third-order valence-corrected chi connectivity index (χ3v) is 4.23. The molecule has 0 aliphatic heterocycles. The van der Waals surface area contributed by atoms with Crippen molar-refractivity contribution >= 4 is 12.6 Å². The van der Waals surface area contributed by atoms with Gasteiger partial charge in [0.15, 0.2) is 0 Å². The first-order valence-electron chi connectivity index (χ1n) is 6.52. The lowest BCUT2D eigenvalue weighted by Gasteiger charge is -2.29. The standard InChI is InChI=1S/C13H26OS/c1-3-11-6-5-7-13(8-11)14-9-12(4-2)10-15/h11-13,15H,3-10H2,1-2H3. The molecule has 0 amide bonds. The third kappa shape index (κ3) is 4.78. The zero-order valence-electron chi connectivity index (χ0n) is 10.2. The fourth-order valence-electron chi connectivity index (χ4n) is 2.34. The average Bonchev–Trinajstić information content (AvgIpc) is 2.31. The highest BCUT2D eigenvalue weighted by atomic mass is 32.1. The van der Waals surface area contributed by atoms with E-state index in [0.717, 1.165) is 18.3 Å². The van der Waals surface area contributed by atoms with E-state index in [1.807, 2.05) is 0 Å². The molecular weight excluding hydrogens is 204 g/mol. The lowest BCUT2D eigenvalue weighted by Crippen LogP contribution is -2.25. The molecular formula is C13H26OS. The van der Waals surface area contributed by atoms with Crippen LogP contribution >= 0.6 is 12.6 Å². The van der Waals surface area contributed by atoms with Gasteiger partial charge in [-0.3, -0.25) is 0 Å². The molecule has 1 saturated carbocycles. The van der Waals surface area contributed by atoms with Gasteiger partial charge in [0.1, 0.15) is 0 Å². The van der Waals surface area contributed by atoms with Crippen molar-refractivity contribution in [3.05, 3.63) is 0 Å². The summed E-state index contributed by atoms with van der Waals surface area (Å²) in [6.45, 7) is 5.44. The number of thiol groups is 1. The van der Waals surface area contributed by atoms with Crippen molar-refractivity contribution in [3.8, 4) is 0 Å². The Balaban J connectivity index is 2.20. The number of ether oxygens (including phenoxy) is 1. The molecule has 15 heavy (non-hydrogen) atoms. The lowest BCUT2D eigenvalue weighted by atomic mass is 9.85. The van der Waals surface area contributed by atoms with E-state index in [2.05, 4.69) is 26.5 Å². The maximum atomic E-state index is 6.01. The van der Waals surface area contributed by atoms with Gasteiger partial charge in [0, 0.05) is 0 Å². The summed E-state index contributed by atoms with van der Waals surface area (Å²) in [5.74, 6) is 2.52. The molecule has 1 nitrogen and oxygen atoms in total. The molecule has 0 N–H and O–H groups in total. The Kier molecular flexibility index (Phi) is 6.74. The summed E-state index contributed by atoms with van der Waals surface area (Å²) in [6.07, 6.45) is 8.40. The molecule has 0 bridgehead atoms. The van der Waals surface area contributed by atoms with E-state index in [-0.39, 0.29) is 0 Å². The van der Waals surface area contributed by atoms with E-state index in [0.29, 0.717) is 12.0 Å². The topological polar surface area (TPSA) is 9.23 Å². The normalized spacial score (nSPS) is 29.0. The van der Waals surface area contributed by atoms with Crippen LogP contribution in [0.1, 0.15) is 52.4 Å². The molecule has 0 saturated heterocycles. The molecule has 3 atom stereocenters. The van der Waals surface area contributed by atoms with Gasteiger partial charge in [0.2, 0.25) is 0 Å². The first-order chi connectivity index (χ1) is 7.30. The quantitative estimate of drug-likeness (QED) is 0.680. The second-order valence-electron chi connectivity index (χ2n) is 4.85. The Morgan fingerprint density at radius 2 is 2.13 bits per heavy atom. The Hall–Kier alpha value is 0.310. The van der Waals surface area contributed by atoms with Gasteiger partial charge in [-0.05, 0) is 30.4 Å². The smallest absolute Gasteiger partial charge is 0.0578 e. The Morgan fingerprint density at radius 1 is 1.33 bits per heavy atom. The van der Waals surface area contributed by atoms with Crippen molar-refractivity contribution in [2.75, 3.05) is 12.4 Å². The van der Waals surface area contributed by atoms with Gasteiger partial charge in [-0.25, -0.2) is 0 Å². The molecule has 1 aliphatic rings. The van der Waals surface area contributed by atoms with Crippen molar-refractivity contribution < 1.29 is 4.74 Å². The largest absolute Gasteiger partial charge is 0.378 e. The summed E-state index contributed by atoms with van der Waals surface area (Å²) in [5.41, 5.74) is 0. The highest BCUT2D eigenvalue weighted by Gasteiger charge is 2.21. The molecule has 1 aliphatic carbocycles. The van der Waals surface area contributed by atoms with Crippen molar-refractivity contribution in [2.24, 2.45) is 11.8 Å². The van der Waals surface area contributed by atoms with Crippen molar-refractivity contribution in [2.45, 2.75) is 58.5 Å². The van der Waals surface area contributed by atoms with Crippen LogP contribution in [0.3, 0.4) is 0 Å². The molecule has 0 aromatic carbocycles. The van der Waals surface area contributed by atoms with Crippen LogP contribution in [0, 0.1) is 11.8 Å². The first kappa shape index (κ1) is 13.4. The predicted molar refractivity (Wildman–Crippen MR) is 69.6 cm³/mol. The minimum atomic E-state index is 0.539. The summed E-state index contributed by atoms with van der Waals surface area (Å²) in [5, 5.41) is 0. The molecule has 0 aromatic rings. The van der Waals surface area contributed by atoms with Crippen LogP contribution in [0.15, 0.2) is 0 Å². The van der Waals surface area contributed by atoms with Gasteiger partial charge in [-0.2, -0.15) is 12.6 Å².